The molecule has 0 saturated heterocycles. The number of nitrogens with zero attached hydrogens (tertiary/aromatic N) is 2. The third-order valence-electron chi connectivity index (χ3n) is 8.53. The zero-order valence-electron chi connectivity index (χ0n) is 26.4. The number of benzene rings is 5. The van der Waals surface area contributed by atoms with Crippen molar-refractivity contribution in [2.75, 3.05) is 12.0 Å². The molecule has 1 aliphatic carbocycles. The van der Waals surface area contributed by atoms with E-state index in [4.69, 9.17) is 0 Å². The van der Waals surface area contributed by atoms with Crippen LogP contribution in [-0.4, -0.2) is 17.7 Å². The van der Waals surface area contributed by atoms with Crippen molar-refractivity contribution in [3.05, 3.63) is 187 Å². The Kier molecular flexibility index (Phi) is 9.65. The lowest BCUT2D eigenvalue weighted by Gasteiger charge is -2.27. The van der Waals surface area contributed by atoms with Gasteiger partial charge in [0.15, 0.2) is 23.0 Å². The summed E-state index contributed by atoms with van der Waals surface area (Å²) in [6.07, 6.45) is 15.1. The van der Waals surface area contributed by atoms with Gasteiger partial charge in [0.25, 0.3) is 0 Å². The quantitative estimate of drug-likeness (QED) is 0.101. The minimum Gasteiger partial charge on any atom is -0.374 e. The standard InChI is InChI=1S/C41H31N3.CH3IO2/c1-2-10-36(11-3-1)44(38-25-18-33(19-26-38)40-27-20-32-8-4-6-12-39(32)42-40)37-23-16-31(17-24-37)30-14-21-35(22-15-30)43-29-28-34-9-5-7-13-41(34)43;1-3-4-2/h1-29,39,42H;1H3. The number of allylic oxidation sites excluding steroid dienone is 4. The molecule has 0 spiro atoms. The summed E-state index contributed by atoms with van der Waals surface area (Å²) in [6.45, 7) is 0. The van der Waals surface area contributed by atoms with Gasteiger partial charge >= 0.3 is 0 Å². The molecule has 0 amide bonds. The Balaban J connectivity index is 0.000000865. The molecule has 2 heterocycles. The Morgan fingerprint density at radius 2 is 1.25 bits per heavy atom. The number of rotatable bonds is 7. The molecule has 1 aromatic heterocycles. The molecule has 6 heteroatoms. The zero-order chi connectivity index (χ0) is 32.7. The van der Waals surface area contributed by atoms with E-state index < -0.39 is 0 Å². The minimum absolute atomic E-state index is 0.226. The second kappa shape index (κ2) is 14.7. The third kappa shape index (κ3) is 6.78. The number of halogens is 1. The number of nitrogens with one attached hydrogen (secondary N) is 1. The molecule has 1 N–H and O–H groups in total. The lowest BCUT2D eigenvalue weighted by atomic mass is 9.96. The van der Waals surface area contributed by atoms with Gasteiger partial charge in [0.2, 0.25) is 0 Å². The summed E-state index contributed by atoms with van der Waals surface area (Å²) < 4.78 is 6.25. The van der Waals surface area contributed by atoms with Crippen LogP contribution in [0, 0.1) is 0 Å². The highest BCUT2D eigenvalue weighted by atomic mass is 127. The van der Waals surface area contributed by atoms with E-state index in [0.29, 0.717) is 0 Å². The van der Waals surface area contributed by atoms with Gasteiger partial charge in [0, 0.05) is 34.6 Å². The smallest absolute Gasteiger partial charge is 0.155 e. The fourth-order valence-corrected chi connectivity index (χ4v) is 6.16. The average molecular weight is 740 g/mol. The molecule has 1 unspecified atom stereocenters. The van der Waals surface area contributed by atoms with Crippen molar-refractivity contribution in [2.45, 2.75) is 6.04 Å². The fourth-order valence-electron chi connectivity index (χ4n) is 6.16. The molecule has 0 fully saturated rings. The van der Waals surface area contributed by atoms with Crippen molar-refractivity contribution in [1.29, 1.82) is 0 Å². The van der Waals surface area contributed by atoms with Gasteiger partial charge in [-0.25, -0.2) is 4.89 Å². The number of hydrogen-bond donors (Lipinski definition) is 1. The maximum atomic E-state index is 4.03. The maximum Gasteiger partial charge on any atom is 0.155 e. The van der Waals surface area contributed by atoms with Gasteiger partial charge in [-0.05, 0) is 94.4 Å². The number of anilines is 3. The van der Waals surface area contributed by atoms with Gasteiger partial charge in [0.1, 0.15) is 0 Å². The Labute approximate surface area is 295 Å². The second-order valence-electron chi connectivity index (χ2n) is 11.4. The van der Waals surface area contributed by atoms with E-state index >= 15 is 0 Å². The van der Waals surface area contributed by atoms with Crippen LogP contribution < -0.4 is 10.2 Å². The minimum atomic E-state index is 0.226. The first-order valence-electron chi connectivity index (χ1n) is 15.8. The molecular weight excluding hydrogens is 705 g/mol. The van der Waals surface area contributed by atoms with Crippen molar-refractivity contribution in [1.82, 2.24) is 9.88 Å². The van der Waals surface area contributed by atoms with Gasteiger partial charge in [0.05, 0.1) is 18.7 Å². The van der Waals surface area contributed by atoms with Gasteiger partial charge < -0.3 is 14.8 Å². The van der Waals surface area contributed by atoms with Gasteiger partial charge in [-0.2, -0.15) is 3.22 Å². The van der Waals surface area contributed by atoms with Crippen molar-refractivity contribution in [3.8, 4) is 16.8 Å². The summed E-state index contributed by atoms with van der Waals surface area (Å²) in [7, 11) is 1.45. The number of hydrogen-bond acceptors (Lipinski definition) is 4. The molecule has 48 heavy (non-hydrogen) atoms. The molecular formula is C42H34IN3O2. The van der Waals surface area contributed by atoms with E-state index in [9.17, 15) is 0 Å². The lowest BCUT2D eigenvalue weighted by molar-refractivity contribution is -0.133. The summed E-state index contributed by atoms with van der Waals surface area (Å²) in [6, 6.07) is 47.9. The summed E-state index contributed by atoms with van der Waals surface area (Å²) in [4.78, 5) is 6.34. The van der Waals surface area contributed by atoms with E-state index in [1.807, 2.05) is 0 Å². The Morgan fingerprint density at radius 1 is 0.646 bits per heavy atom. The Hall–Kier alpha value is -5.15. The van der Waals surface area contributed by atoms with Crippen LogP contribution in [0.2, 0.25) is 0 Å². The normalized spacial score (nSPS) is 14.7. The molecule has 8 rings (SSSR count). The van der Waals surface area contributed by atoms with E-state index in [1.165, 1.54) is 40.3 Å². The largest absolute Gasteiger partial charge is 0.374 e. The Morgan fingerprint density at radius 3 is 1.94 bits per heavy atom. The van der Waals surface area contributed by atoms with Crippen LogP contribution in [0.4, 0.5) is 17.1 Å². The first-order valence-corrected chi connectivity index (χ1v) is 16.7. The van der Waals surface area contributed by atoms with Gasteiger partial charge in [-0.1, -0.05) is 103 Å². The van der Waals surface area contributed by atoms with Gasteiger partial charge in [-0.15, -0.1) is 0 Å². The van der Waals surface area contributed by atoms with Crippen LogP contribution in [0.3, 0.4) is 0 Å². The molecule has 0 bridgehead atoms. The van der Waals surface area contributed by atoms with Crippen LogP contribution in [0.1, 0.15) is 5.56 Å². The van der Waals surface area contributed by atoms with Crippen LogP contribution in [0.5, 0.6) is 0 Å². The number of aromatic nitrogens is 1. The van der Waals surface area contributed by atoms with Crippen LogP contribution in [-0.2, 0) is 8.10 Å². The van der Waals surface area contributed by atoms with E-state index in [2.05, 4.69) is 199 Å². The zero-order valence-corrected chi connectivity index (χ0v) is 28.6. The molecule has 236 valence electrons. The van der Waals surface area contributed by atoms with Crippen molar-refractivity contribution >= 4 is 56.7 Å². The SMILES string of the molecule is C1=CC2=CC=C(c3ccc(N(c4ccccc4)c4ccc(-c5ccc(-n6ccc7ccccc76)cc5)cc4)cc3)NC2C=C1.COOI. The second-order valence-corrected chi connectivity index (χ2v) is 11.8. The molecule has 1 atom stereocenters. The van der Waals surface area contributed by atoms with Gasteiger partial charge in [-0.3, -0.25) is 0 Å². The molecule has 0 saturated carbocycles. The summed E-state index contributed by atoms with van der Waals surface area (Å²) in [5, 5.41) is 4.91. The highest BCUT2D eigenvalue weighted by Gasteiger charge is 2.18. The first kappa shape index (κ1) is 31.4. The van der Waals surface area contributed by atoms with Crippen molar-refractivity contribution in [2.24, 2.45) is 0 Å². The highest BCUT2D eigenvalue weighted by Crippen LogP contribution is 2.36. The van der Waals surface area contributed by atoms with Crippen LogP contribution in [0.25, 0.3) is 33.4 Å². The average Bonchev–Trinajstić information content (AvgIpc) is 3.60. The number of para-hydroxylation sites is 2. The predicted octanol–water partition coefficient (Wildman–Crippen LogP) is 11.0. The van der Waals surface area contributed by atoms with E-state index in [-0.39, 0.29) is 6.04 Å². The topological polar surface area (TPSA) is 38.7 Å². The van der Waals surface area contributed by atoms with Crippen molar-refractivity contribution in [3.63, 3.8) is 0 Å². The van der Waals surface area contributed by atoms with E-state index in [1.54, 1.807) is 23.0 Å². The lowest BCUT2D eigenvalue weighted by Crippen LogP contribution is -2.30. The molecule has 0 radical (unpaired) electrons. The number of dihydropyridines is 1. The Bertz CT molecular complexity index is 2110. The molecule has 1 aliphatic heterocycles. The fraction of sp³-hybridized carbons (Fsp3) is 0.0476. The summed E-state index contributed by atoms with van der Waals surface area (Å²) in [5.41, 5.74) is 11.7. The molecule has 5 aromatic carbocycles. The molecule has 6 aromatic rings. The van der Waals surface area contributed by atoms with Crippen LogP contribution >= 0.6 is 23.0 Å². The van der Waals surface area contributed by atoms with Crippen molar-refractivity contribution < 1.29 is 8.10 Å². The van der Waals surface area contributed by atoms with Crippen LogP contribution in [0.15, 0.2) is 182 Å². The predicted molar refractivity (Wildman–Crippen MR) is 207 cm³/mol. The summed E-state index contributed by atoms with van der Waals surface area (Å²) >= 11 is 1.63. The maximum absolute atomic E-state index is 4.03. The summed E-state index contributed by atoms with van der Waals surface area (Å²) in [5.74, 6) is 0. The van der Waals surface area contributed by atoms with E-state index in [0.717, 1.165) is 28.4 Å². The first-order chi connectivity index (χ1) is 23.7. The third-order valence-corrected chi connectivity index (χ3v) is 8.89. The monoisotopic (exact) mass is 739 g/mol. The molecule has 2 aliphatic rings. The number of fused-ring (bicyclic) bond motifs is 2. The molecule has 5 nitrogen and oxygen atoms in total. The highest BCUT2D eigenvalue weighted by molar-refractivity contribution is 14.1.